The van der Waals surface area contributed by atoms with Crippen LogP contribution in [0, 0.1) is 5.92 Å². The molecule has 3 rings (SSSR count). The third-order valence-corrected chi connectivity index (χ3v) is 4.81. The van der Waals surface area contributed by atoms with Crippen molar-refractivity contribution in [1.29, 1.82) is 0 Å². The average Bonchev–Trinajstić information content (AvgIpc) is 2.92. The second-order valence-corrected chi connectivity index (χ2v) is 5.71. The van der Waals surface area contributed by atoms with E-state index >= 15 is 0 Å². The van der Waals surface area contributed by atoms with Crippen molar-refractivity contribution in [2.75, 3.05) is 20.2 Å². The lowest BCUT2D eigenvalue weighted by Crippen LogP contribution is -2.45. The van der Waals surface area contributed by atoms with Gasteiger partial charge in [0.1, 0.15) is 0 Å². The van der Waals surface area contributed by atoms with Crippen LogP contribution in [0.15, 0.2) is 0 Å². The Labute approximate surface area is 97.9 Å². The molecular formula is C13H23NO2. The van der Waals surface area contributed by atoms with E-state index in [9.17, 15) is 0 Å². The van der Waals surface area contributed by atoms with Crippen LogP contribution in [0.2, 0.25) is 0 Å². The molecule has 2 bridgehead atoms. The number of hydrogen-bond donors (Lipinski definition) is 1. The van der Waals surface area contributed by atoms with Gasteiger partial charge in [0.15, 0.2) is 0 Å². The molecule has 1 N–H and O–H groups in total. The highest BCUT2D eigenvalue weighted by molar-refractivity contribution is 4.96. The van der Waals surface area contributed by atoms with Crippen molar-refractivity contribution in [2.45, 2.75) is 56.3 Å². The largest absolute Gasteiger partial charge is 0.378 e. The third-order valence-electron chi connectivity index (χ3n) is 4.81. The molecule has 0 aromatic carbocycles. The van der Waals surface area contributed by atoms with E-state index in [0.717, 1.165) is 31.8 Å². The Morgan fingerprint density at radius 1 is 1.31 bits per heavy atom. The highest BCUT2D eigenvalue weighted by Crippen LogP contribution is 2.44. The predicted molar refractivity (Wildman–Crippen MR) is 62.5 cm³/mol. The van der Waals surface area contributed by atoms with Crippen molar-refractivity contribution < 1.29 is 9.47 Å². The maximum absolute atomic E-state index is 5.94. The van der Waals surface area contributed by atoms with Gasteiger partial charge in [-0.25, -0.2) is 0 Å². The van der Waals surface area contributed by atoms with Crippen LogP contribution in [0.4, 0.5) is 0 Å². The lowest BCUT2D eigenvalue weighted by Gasteiger charge is -2.39. The van der Waals surface area contributed by atoms with Gasteiger partial charge in [-0.3, -0.25) is 0 Å². The van der Waals surface area contributed by atoms with Gasteiger partial charge >= 0.3 is 0 Å². The Kier molecular flexibility index (Phi) is 2.94. The summed E-state index contributed by atoms with van der Waals surface area (Å²) < 4.78 is 11.8. The quantitative estimate of drug-likeness (QED) is 0.793. The molecular weight excluding hydrogens is 202 g/mol. The Hall–Kier alpha value is -0.120. The minimum Gasteiger partial charge on any atom is -0.378 e. The van der Waals surface area contributed by atoms with Gasteiger partial charge in [0.2, 0.25) is 0 Å². The first kappa shape index (κ1) is 11.0. The molecule has 3 unspecified atom stereocenters. The fraction of sp³-hybridized carbons (Fsp3) is 1.00. The molecule has 3 aliphatic rings. The molecule has 0 aromatic heterocycles. The number of ether oxygens (including phenoxy) is 2. The molecule has 0 saturated carbocycles. The topological polar surface area (TPSA) is 30.5 Å². The van der Waals surface area contributed by atoms with Crippen molar-refractivity contribution in [3.8, 4) is 0 Å². The summed E-state index contributed by atoms with van der Waals surface area (Å²) in [5, 5.41) is 3.42. The zero-order chi connectivity index (χ0) is 11.0. The number of rotatable bonds is 3. The van der Waals surface area contributed by atoms with Gasteiger partial charge in [0.25, 0.3) is 0 Å². The van der Waals surface area contributed by atoms with E-state index < -0.39 is 0 Å². The van der Waals surface area contributed by atoms with Crippen molar-refractivity contribution in [3.63, 3.8) is 0 Å². The maximum atomic E-state index is 5.94. The van der Waals surface area contributed by atoms with E-state index in [0.29, 0.717) is 12.2 Å². The molecule has 0 spiro atoms. The first-order valence-electron chi connectivity index (χ1n) is 6.73. The van der Waals surface area contributed by atoms with Crippen LogP contribution in [-0.2, 0) is 9.47 Å². The Bertz CT molecular complexity index is 250. The molecule has 92 valence electrons. The maximum Gasteiger partial charge on any atom is 0.0706 e. The van der Waals surface area contributed by atoms with Crippen molar-refractivity contribution in [3.05, 3.63) is 0 Å². The summed E-state index contributed by atoms with van der Waals surface area (Å²) >= 11 is 0. The van der Waals surface area contributed by atoms with Gasteiger partial charge in [0, 0.05) is 7.11 Å². The van der Waals surface area contributed by atoms with E-state index in [1.54, 1.807) is 0 Å². The molecule has 3 nitrogen and oxygen atoms in total. The molecule has 3 saturated heterocycles. The zero-order valence-corrected chi connectivity index (χ0v) is 10.2. The molecule has 3 atom stereocenters. The number of fused-ring (bicyclic) bond motifs is 2. The summed E-state index contributed by atoms with van der Waals surface area (Å²) in [6, 6.07) is 0. The van der Waals surface area contributed by atoms with Gasteiger partial charge in [0.05, 0.1) is 17.8 Å². The van der Waals surface area contributed by atoms with Gasteiger partial charge < -0.3 is 14.8 Å². The lowest BCUT2D eigenvalue weighted by atomic mass is 9.77. The highest BCUT2D eigenvalue weighted by Gasteiger charge is 2.45. The predicted octanol–water partition coefficient (Wildman–Crippen LogP) is 1.71. The minimum atomic E-state index is 0.143. The summed E-state index contributed by atoms with van der Waals surface area (Å²) in [5.41, 5.74) is 0.143. The molecule has 0 aromatic rings. The standard InChI is InChI=1S/C13H23NO2/c1-15-13(4-6-14-7-5-13)9-10-8-11-2-3-12(10)16-11/h10-12,14H,2-9H2,1H3. The monoisotopic (exact) mass is 225 g/mol. The fourth-order valence-corrected chi connectivity index (χ4v) is 3.81. The van der Waals surface area contributed by atoms with E-state index in [2.05, 4.69) is 5.32 Å². The third kappa shape index (κ3) is 1.89. The van der Waals surface area contributed by atoms with E-state index in [4.69, 9.17) is 9.47 Å². The molecule has 16 heavy (non-hydrogen) atoms. The van der Waals surface area contributed by atoms with Gasteiger partial charge in [-0.2, -0.15) is 0 Å². The van der Waals surface area contributed by atoms with Gasteiger partial charge in [-0.05, 0) is 57.5 Å². The van der Waals surface area contributed by atoms with Crippen molar-refractivity contribution in [2.24, 2.45) is 5.92 Å². The zero-order valence-electron chi connectivity index (χ0n) is 10.2. The molecule has 3 fully saturated rings. The van der Waals surface area contributed by atoms with Crippen LogP contribution in [0.3, 0.4) is 0 Å². The van der Waals surface area contributed by atoms with Crippen LogP contribution >= 0.6 is 0 Å². The molecule has 3 heteroatoms. The lowest BCUT2D eigenvalue weighted by molar-refractivity contribution is -0.0577. The summed E-state index contributed by atoms with van der Waals surface area (Å²) in [4.78, 5) is 0. The molecule has 3 heterocycles. The first-order valence-corrected chi connectivity index (χ1v) is 6.73. The van der Waals surface area contributed by atoms with Crippen LogP contribution in [0.1, 0.15) is 38.5 Å². The number of nitrogens with one attached hydrogen (secondary N) is 1. The van der Waals surface area contributed by atoms with Crippen molar-refractivity contribution >= 4 is 0 Å². The summed E-state index contributed by atoms with van der Waals surface area (Å²) in [5.74, 6) is 0.761. The number of hydrogen-bond acceptors (Lipinski definition) is 3. The summed E-state index contributed by atoms with van der Waals surface area (Å²) in [7, 11) is 1.89. The molecule has 0 aliphatic carbocycles. The average molecular weight is 225 g/mol. The van der Waals surface area contributed by atoms with Crippen LogP contribution in [0.5, 0.6) is 0 Å². The van der Waals surface area contributed by atoms with Gasteiger partial charge in [-0.15, -0.1) is 0 Å². The number of methoxy groups -OCH3 is 1. The summed E-state index contributed by atoms with van der Waals surface area (Å²) in [6.07, 6.45) is 8.53. The van der Waals surface area contributed by atoms with E-state index in [1.807, 2.05) is 7.11 Å². The fourth-order valence-electron chi connectivity index (χ4n) is 3.81. The number of piperidine rings is 1. The van der Waals surface area contributed by atoms with Gasteiger partial charge in [-0.1, -0.05) is 0 Å². The Morgan fingerprint density at radius 3 is 2.69 bits per heavy atom. The molecule has 0 amide bonds. The molecule has 3 aliphatic heterocycles. The van der Waals surface area contributed by atoms with Crippen LogP contribution < -0.4 is 5.32 Å². The van der Waals surface area contributed by atoms with Crippen molar-refractivity contribution in [1.82, 2.24) is 5.32 Å². The smallest absolute Gasteiger partial charge is 0.0706 e. The summed E-state index contributed by atoms with van der Waals surface area (Å²) in [6.45, 7) is 2.21. The Balaban J connectivity index is 1.63. The highest BCUT2D eigenvalue weighted by atomic mass is 16.5. The second-order valence-electron chi connectivity index (χ2n) is 5.71. The minimum absolute atomic E-state index is 0.143. The SMILES string of the molecule is COC1(CC2CC3CCC2O3)CCNCC1. The first-order chi connectivity index (χ1) is 7.81. The molecule has 0 radical (unpaired) electrons. The second kappa shape index (κ2) is 4.28. The normalized spacial score (nSPS) is 41.4. The van der Waals surface area contributed by atoms with E-state index in [-0.39, 0.29) is 5.60 Å². The van der Waals surface area contributed by atoms with Crippen LogP contribution in [-0.4, -0.2) is 38.0 Å². The van der Waals surface area contributed by atoms with E-state index in [1.165, 1.54) is 25.7 Å². The van der Waals surface area contributed by atoms with Crippen LogP contribution in [0.25, 0.3) is 0 Å². The Morgan fingerprint density at radius 2 is 2.12 bits per heavy atom.